The molecule has 4 rings (SSSR count). The molecule has 1 atom stereocenters. The monoisotopic (exact) mass is 286 g/mol. The van der Waals surface area contributed by atoms with Crippen LogP contribution in [0.3, 0.4) is 0 Å². The average Bonchev–Trinajstić information content (AvgIpc) is 2.87. The summed E-state index contributed by atoms with van der Waals surface area (Å²) in [6.07, 6.45) is 0. The van der Waals surface area contributed by atoms with Gasteiger partial charge in [0.05, 0.1) is 0 Å². The summed E-state index contributed by atoms with van der Waals surface area (Å²) < 4.78 is 0.263. The van der Waals surface area contributed by atoms with E-state index in [1.165, 1.54) is 21.6 Å². The molecular formula is C17H18S2. The lowest BCUT2D eigenvalue weighted by molar-refractivity contribution is 0.773. The van der Waals surface area contributed by atoms with E-state index in [0.717, 1.165) is 0 Å². The van der Waals surface area contributed by atoms with Crippen LogP contribution in [0.5, 0.6) is 0 Å². The molecule has 2 aromatic rings. The van der Waals surface area contributed by atoms with Gasteiger partial charge >= 0.3 is 0 Å². The maximum Gasteiger partial charge on any atom is 0.0435 e. The number of thiophene rings is 1. The van der Waals surface area contributed by atoms with E-state index in [9.17, 15) is 0 Å². The Labute approximate surface area is 121 Å². The van der Waals surface area contributed by atoms with E-state index < -0.39 is 0 Å². The molecule has 0 amide bonds. The van der Waals surface area contributed by atoms with Gasteiger partial charge in [0.2, 0.25) is 0 Å². The van der Waals surface area contributed by atoms with E-state index in [1.54, 1.807) is 15.3 Å². The molecule has 0 bridgehead atoms. The summed E-state index contributed by atoms with van der Waals surface area (Å²) in [6.45, 7) is 9.42. The Balaban J connectivity index is 2.16. The number of fused-ring (bicyclic) bond motifs is 2. The molecule has 0 nitrogen and oxygen atoms in total. The lowest BCUT2D eigenvalue weighted by Crippen LogP contribution is -2.20. The first kappa shape index (κ1) is 11.8. The molecule has 2 aliphatic rings. The van der Waals surface area contributed by atoms with Gasteiger partial charge in [-0.25, -0.2) is 0 Å². The van der Waals surface area contributed by atoms with Crippen molar-refractivity contribution in [2.45, 2.75) is 37.3 Å². The minimum Gasteiger partial charge on any atom is -0.195 e. The molecule has 0 N–H and O–H groups in total. The van der Waals surface area contributed by atoms with Gasteiger partial charge in [-0.05, 0) is 49.8 Å². The van der Waals surface area contributed by atoms with Crippen LogP contribution in [0.25, 0.3) is 16.7 Å². The standard InChI is InChI=1S/C17H18S2/c1-10-9-19-16-14(11(2)18-15(10)16)12-7-5-6-8-13(12)17(19,3)4/h5-9,19H,1-4H3. The van der Waals surface area contributed by atoms with Crippen LogP contribution in [-0.4, -0.2) is 0 Å². The number of allylic oxidation sites excluding steroid dienone is 1. The van der Waals surface area contributed by atoms with Gasteiger partial charge in [0, 0.05) is 25.0 Å². The van der Waals surface area contributed by atoms with Gasteiger partial charge in [0.25, 0.3) is 0 Å². The lowest BCUT2D eigenvalue weighted by Gasteiger charge is -2.41. The van der Waals surface area contributed by atoms with Crippen LogP contribution in [0, 0.1) is 6.92 Å². The minimum absolute atomic E-state index is 0.193. The molecule has 0 saturated carbocycles. The van der Waals surface area contributed by atoms with Crippen LogP contribution < -0.4 is 0 Å². The molecule has 2 aliphatic heterocycles. The Bertz CT molecular complexity index is 732. The van der Waals surface area contributed by atoms with E-state index in [-0.39, 0.29) is 15.6 Å². The molecular weight excluding hydrogens is 268 g/mol. The molecule has 0 radical (unpaired) electrons. The predicted octanol–water partition coefficient (Wildman–Crippen LogP) is 5.71. The summed E-state index contributed by atoms with van der Waals surface area (Å²) in [4.78, 5) is 4.72. The maximum atomic E-state index is 2.55. The Morgan fingerprint density at radius 1 is 1.11 bits per heavy atom. The number of benzene rings is 1. The number of rotatable bonds is 0. The smallest absolute Gasteiger partial charge is 0.0435 e. The highest BCUT2D eigenvalue weighted by Crippen LogP contribution is 2.69. The second-order valence-corrected chi connectivity index (χ2v) is 9.79. The van der Waals surface area contributed by atoms with E-state index in [2.05, 4.69) is 57.4 Å². The first-order valence-electron chi connectivity index (χ1n) is 6.73. The SMILES string of the molecule is CC1=C[SH]2c3c1sc(C)c3-c1ccccc1C2(C)C. The molecule has 1 unspecified atom stereocenters. The maximum absolute atomic E-state index is 2.55. The van der Waals surface area contributed by atoms with Crippen molar-refractivity contribution in [2.75, 3.05) is 0 Å². The molecule has 3 heterocycles. The van der Waals surface area contributed by atoms with Crippen molar-refractivity contribution in [1.82, 2.24) is 0 Å². The fourth-order valence-corrected chi connectivity index (χ4v) is 8.01. The molecule has 98 valence electrons. The van der Waals surface area contributed by atoms with Gasteiger partial charge in [-0.3, -0.25) is 0 Å². The normalized spacial score (nSPS) is 23.8. The molecule has 0 aliphatic carbocycles. The Hall–Kier alpha value is -0.990. The molecule has 0 fully saturated rings. The van der Waals surface area contributed by atoms with Crippen LogP contribution in [0.4, 0.5) is 0 Å². The number of thiol groups is 1. The predicted molar refractivity (Wildman–Crippen MR) is 88.4 cm³/mol. The summed E-state index contributed by atoms with van der Waals surface area (Å²) in [6, 6.07) is 9.02. The molecule has 19 heavy (non-hydrogen) atoms. The summed E-state index contributed by atoms with van der Waals surface area (Å²) in [5.74, 6) is 0. The topological polar surface area (TPSA) is 0 Å². The Morgan fingerprint density at radius 2 is 1.84 bits per heavy atom. The summed E-state index contributed by atoms with van der Waals surface area (Å²) in [5, 5.41) is 2.55. The average molecular weight is 286 g/mol. The van der Waals surface area contributed by atoms with Crippen molar-refractivity contribution in [3.8, 4) is 11.1 Å². The van der Waals surface area contributed by atoms with Crippen LogP contribution in [-0.2, 0) is 4.75 Å². The third-order valence-corrected chi connectivity index (χ3v) is 8.85. The van der Waals surface area contributed by atoms with Crippen LogP contribution in [0.15, 0.2) is 34.6 Å². The van der Waals surface area contributed by atoms with E-state index in [0.29, 0.717) is 0 Å². The van der Waals surface area contributed by atoms with Gasteiger partial charge in [0.15, 0.2) is 0 Å². The number of aryl methyl sites for hydroxylation is 1. The zero-order valence-electron chi connectivity index (χ0n) is 11.7. The summed E-state index contributed by atoms with van der Waals surface area (Å²) in [5.41, 5.74) is 6.06. The van der Waals surface area contributed by atoms with Crippen molar-refractivity contribution in [3.05, 3.63) is 45.0 Å². The van der Waals surface area contributed by atoms with Crippen molar-refractivity contribution in [2.24, 2.45) is 0 Å². The molecule has 2 heteroatoms. The molecule has 1 aromatic carbocycles. The van der Waals surface area contributed by atoms with Crippen molar-refractivity contribution < 1.29 is 0 Å². The summed E-state index contributed by atoms with van der Waals surface area (Å²) >= 11 is 1.99. The van der Waals surface area contributed by atoms with Crippen molar-refractivity contribution in [1.29, 1.82) is 0 Å². The first-order valence-corrected chi connectivity index (χ1v) is 8.96. The van der Waals surface area contributed by atoms with E-state index in [4.69, 9.17) is 0 Å². The molecule has 0 saturated heterocycles. The zero-order valence-corrected chi connectivity index (χ0v) is 13.5. The van der Waals surface area contributed by atoms with E-state index >= 15 is 0 Å². The quantitative estimate of drug-likeness (QED) is 0.589. The van der Waals surface area contributed by atoms with Gasteiger partial charge in [-0.1, -0.05) is 24.3 Å². The number of hydrogen-bond acceptors (Lipinski definition) is 1. The third kappa shape index (κ3) is 1.31. The Kier molecular flexibility index (Phi) is 2.21. The van der Waals surface area contributed by atoms with Gasteiger partial charge < -0.3 is 0 Å². The molecule has 1 aromatic heterocycles. The zero-order chi connectivity index (χ0) is 13.4. The number of hydrogen-bond donors (Lipinski definition) is 1. The van der Waals surface area contributed by atoms with Crippen LogP contribution in [0.1, 0.15) is 36.1 Å². The molecule has 0 spiro atoms. The second-order valence-electron chi connectivity index (χ2n) is 6.00. The highest BCUT2D eigenvalue weighted by Gasteiger charge is 2.42. The minimum atomic E-state index is -0.193. The highest BCUT2D eigenvalue weighted by molar-refractivity contribution is 8.21. The van der Waals surface area contributed by atoms with Crippen molar-refractivity contribution in [3.63, 3.8) is 0 Å². The summed E-state index contributed by atoms with van der Waals surface area (Å²) in [7, 11) is -0.193. The fraction of sp³-hybridized carbons (Fsp3) is 0.294. The highest BCUT2D eigenvalue weighted by atomic mass is 32.2. The van der Waals surface area contributed by atoms with Crippen LogP contribution >= 0.6 is 22.2 Å². The first-order chi connectivity index (χ1) is 9.01. The van der Waals surface area contributed by atoms with Crippen molar-refractivity contribution >= 4 is 27.8 Å². The van der Waals surface area contributed by atoms with Gasteiger partial charge in [-0.2, -0.15) is 10.9 Å². The third-order valence-electron chi connectivity index (χ3n) is 4.44. The fourth-order valence-electron chi connectivity index (χ4n) is 3.47. The second kappa shape index (κ2) is 3.56. The van der Waals surface area contributed by atoms with Gasteiger partial charge in [0.1, 0.15) is 0 Å². The van der Waals surface area contributed by atoms with E-state index in [1.807, 2.05) is 11.3 Å². The van der Waals surface area contributed by atoms with Gasteiger partial charge in [-0.15, -0.1) is 11.3 Å². The lowest BCUT2D eigenvalue weighted by atomic mass is 9.91. The Morgan fingerprint density at radius 3 is 2.63 bits per heavy atom. The van der Waals surface area contributed by atoms with Crippen LogP contribution in [0.2, 0.25) is 0 Å². The largest absolute Gasteiger partial charge is 0.195 e.